The third-order valence-electron chi connectivity index (χ3n) is 6.09. The molecule has 0 bridgehead atoms. The van der Waals surface area contributed by atoms with Gasteiger partial charge in [0.1, 0.15) is 6.10 Å². The lowest BCUT2D eigenvalue weighted by Gasteiger charge is -2.52. The van der Waals surface area contributed by atoms with Crippen LogP contribution in [0.3, 0.4) is 0 Å². The maximum Gasteiger partial charge on any atom is 0.321 e. The van der Waals surface area contributed by atoms with E-state index in [-0.39, 0.29) is 24.3 Å². The molecule has 184 valence electrons. The first-order valence-corrected chi connectivity index (χ1v) is 12.3. The summed E-state index contributed by atoms with van der Waals surface area (Å²) in [4.78, 5) is 44.9. The minimum atomic E-state index is -1.35. The zero-order valence-corrected chi connectivity index (χ0v) is 22.0. The predicted molar refractivity (Wildman–Crippen MR) is 128 cm³/mol. The van der Waals surface area contributed by atoms with Crippen LogP contribution in [0.15, 0.2) is 28.7 Å². The van der Waals surface area contributed by atoms with Gasteiger partial charge in [-0.2, -0.15) is 5.06 Å². The Hall–Kier alpha value is -1.77. The standard InChI is InChI=1S/C25H36BrNO6/c1-7-31-22(29)21(23(30)32-8-2)20(17-10-12-18(26)13-11-17)19(16-28)33-27-24(3,4)14-9-15-25(27,5)6/h10-13,16,19-21H,7-9,14-15H2,1-6H3/t19-,20-/m1/s1. The third kappa shape index (κ3) is 6.64. The van der Waals surface area contributed by atoms with E-state index in [1.54, 1.807) is 38.1 Å². The van der Waals surface area contributed by atoms with Crippen molar-refractivity contribution in [2.24, 2.45) is 5.92 Å². The highest BCUT2D eigenvalue weighted by atomic mass is 79.9. The minimum absolute atomic E-state index is 0.0978. The van der Waals surface area contributed by atoms with Crippen molar-refractivity contribution in [3.63, 3.8) is 0 Å². The molecule has 1 fully saturated rings. The fourth-order valence-electron chi connectivity index (χ4n) is 4.67. The SMILES string of the molecule is CCOC(=O)C(C(=O)OCC)[C@H](c1ccc(Br)cc1)[C@@H](C=O)ON1C(C)(C)CCCC1(C)C. The van der Waals surface area contributed by atoms with Crippen LogP contribution in [0.4, 0.5) is 0 Å². The Morgan fingerprint density at radius 2 is 1.48 bits per heavy atom. The van der Waals surface area contributed by atoms with E-state index in [0.29, 0.717) is 11.8 Å². The average molecular weight is 526 g/mol. The van der Waals surface area contributed by atoms with Crippen LogP contribution < -0.4 is 0 Å². The van der Waals surface area contributed by atoms with Gasteiger partial charge in [-0.15, -0.1) is 0 Å². The molecule has 0 spiro atoms. The number of rotatable bonds is 10. The van der Waals surface area contributed by atoms with E-state index >= 15 is 0 Å². The van der Waals surface area contributed by atoms with Crippen molar-refractivity contribution >= 4 is 34.2 Å². The summed E-state index contributed by atoms with van der Waals surface area (Å²) in [6, 6.07) is 7.14. The molecule has 2 atom stereocenters. The summed E-state index contributed by atoms with van der Waals surface area (Å²) in [5.74, 6) is -3.76. The van der Waals surface area contributed by atoms with Gasteiger partial charge in [-0.3, -0.25) is 14.4 Å². The number of halogens is 1. The normalized spacial score (nSPS) is 19.5. The highest BCUT2D eigenvalue weighted by Crippen LogP contribution is 2.41. The summed E-state index contributed by atoms with van der Waals surface area (Å²) in [7, 11) is 0. The summed E-state index contributed by atoms with van der Waals surface area (Å²) >= 11 is 3.41. The number of carbonyl (C=O) groups is 3. The number of hydrogen-bond acceptors (Lipinski definition) is 7. The first-order chi connectivity index (χ1) is 15.5. The number of esters is 2. The van der Waals surface area contributed by atoms with Gasteiger partial charge in [0.2, 0.25) is 0 Å². The first kappa shape index (κ1) is 27.5. The monoisotopic (exact) mass is 525 g/mol. The molecule has 1 saturated heterocycles. The summed E-state index contributed by atoms with van der Waals surface area (Å²) < 4.78 is 11.3. The molecule has 2 rings (SSSR count). The van der Waals surface area contributed by atoms with Crippen molar-refractivity contribution in [3.8, 4) is 0 Å². The largest absolute Gasteiger partial charge is 0.465 e. The Bertz CT molecular complexity index is 789. The predicted octanol–water partition coefficient (Wildman–Crippen LogP) is 4.82. The molecular formula is C25H36BrNO6. The van der Waals surface area contributed by atoms with E-state index in [4.69, 9.17) is 14.3 Å². The number of piperidine rings is 1. The van der Waals surface area contributed by atoms with Gasteiger partial charge in [0, 0.05) is 21.5 Å². The van der Waals surface area contributed by atoms with Crippen LogP contribution in [0, 0.1) is 5.92 Å². The molecule has 1 aromatic carbocycles. The van der Waals surface area contributed by atoms with Gasteiger partial charge in [0.15, 0.2) is 12.2 Å². The van der Waals surface area contributed by atoms with Crippen LogP contribution in [0.5, 0.6) is 0 Å². The molecule has 1 aliphatic rings. The Balaban J connectivity index is 2.58. The van der Waals surface area contributed by atoms with Crippen molar-refractivity contribution < 1.29 is 28.7 Å². The highest BCUT2D eigenvalue weighted by Gasteiger charge is 2.48. The lowest BCUT2D eigenvalue weighted by molar-refractivity contribution is -0.300. The van der Waals surface area contributed by atoms with Crippen molar-refractivity contribution in [1.82, 2.24) is 5.06 Å². The maximum atomic E-state index is 13.0. The lowest BCUT2D eigenvalue weighted by Crippen LogP contribution is -2.60. The summed E-state index contributed by atoms with van der Waals surface area (Å²) in [6.45, 7) is 11.8. The average Bonchev–Trinajstić information content (AvgIpc) is 2.73. The molecule has 1 aliphatic heterocycles. The first-order valence-electron chi connectivity index (χ1n) is 11.5. The molecule has 8 heteroatoms. The summed E-state index contributed by atoms with van der Waals surface area (Å²) in [6.07, 6.45) is 2.38. The summed E-state index contributed by atoms with van der Waals surface area (Å²) in [5, 5.41) is 1.86. The molecule has 0 radical (unpaired) electrons. The molecule has 0 amide bonds. The molecule has 1 aromatic rings. The van der Waals surface area contributed by atoms with Gasteiger partial charge in [0.25, 0.3) is 0 Å². The Labute approximate surface area is 205 Å². The fraction of sp³-hybridized carbons (Fsp3) is 0.640. The van der Waals surface area contributed by atoms with Gasteiger partial charge < -0.3 is 14.3 Å². The number of aldehydes is 1. The molecule has 0 aliphatic carbocycles. The zero-order chi connectivity index (χ0) is 24.8. The van der Waals surface area contributed by atoms with Crippen molar-refractivity contribution in [1.29, 1.82) is 0 Å². The van der Waals surface area contributed by atoms with Crippen molar-refractivity contribution in [2.45, 2.75) is 83.9 Å². The second-order valence-electron chi connectivity index (χ2n) is 9.54. The van der Waals surface area contributed by atoms with E-state index in [9.17, 15) is 14.4 Å². The van der Waals surface area contributed by atoms with Crippen molar-refractivity contribution in [3.05, 3.63) is 34.3 Å². The minimum Gasteiger partial charge on any atom is -0.465 e. The molecule has 33 heavy (non-hydrogen) atoms. The van der Waals surface area contributed by atoms with Crippen molar-refractivity contribution in [2.75, 3.05) is 13.2 Å². The van der Waals surface area contributed by atoms with Crippen LogP contribution >= 0.6 is 15.9 Å². The zero-order valence-electron chi connectivity index (χ0n) is 20.4. The van der Waals surface area contributed by atoms with E-state index in [0.717, 1.165) is 23.7 Å². The number of carbonyl (C=O) groups excluding carboxylic acids is 3. The van der Waals surface area contributed by atoms with Crippen LogP contribution in [0.2, 0.25) is 0 Å². The van der Waals surface area contributed by atoms with Crippen LogP contribution in [-0.2, 0) is 28.7 Å². The van der Waals surface area contributed by atoms with E-state index in [1.807, 2.05) is 5.06 Å². The number of benzene rings is 1. The molecule has 7 nitrogen and oxygen atoms in total. The van der Waals surface area contributed by atoms with Crippen LogP contribution in [0.1, 0.15) is 72.3 Å². The fourth-order valence-corrected chi connectivity index (χ4v) is 4.93. The van der Waals surface area contributed by atoms with Gasteiger partial charge >= 0.3 is 11.9 Å². The molecule has 0 unspecified atom stereocenters. The Kier molecular flexibility index (Phi) is 9.64. The second-order valence-corrected chi connectivity index (χ2v) is 10.5. The maximum absolute atomic E-state index is 13.0. The highest BCUT2D eigenvalue weighted by molar-refractivity contribution is 9.10. The molecule has 1 heterocycles. The molecule has 0 N–H and O–H groups in total. The van der Waals surface area contributed by atoms with E-state index in [1.165, 1.54) is 0 Å². The number of nitrogens with zero attached hydrogens (tertiary/aromatic N) is 1. The Morgan fingerprint density at radius 1 is 1.00 bits per heavy atom. The topological polar surface area (TPSA) is 82.1 Å². The van der Waals surface area contributed by atoms with E-state index < -0.39 is 29.9 Å². The smallest absolute Gasteiger partial charge is 0.321 e. The van der Waals surface area contributed by atoms with Crippen LogP contribution in [0.25, 0.3) is 0 Å². The lowest BCUT2D eigenvalue weighted by atomic mass is 9.81. The molecule has 0 saturated carbocycles. The van der Waals surface area contributed by atoms with Gasteiger partial charge in [-0.25, -0.2) is 0 Å². The van der Waals surface area contributed by atoms with Crippen LogP contribution in [-0.4, -0.2) is 53.7 Å². The Morgan fingerprint density at radius 3 is 1.91 bits per heavy atom. The quantitative estimate of drug-likeness (QED) is 0.246. The molecule has 0 aromatic heterocycles. The van der Waals surface area contributed by atoms with Gasteiger partial charge in [0.05, 0.1) is 13.2 Å². The second kappa shape index (κ2) is 11.6. The number of ether oxygens (including phenoxy) is 2. The number of hydroxylamine groups is 2. The van der Waals surface area contributed by atoms with Gasteiger partial charge in [-0.05, 0) is 78.5 Å². The van der Waals surface area contributed by atoms with E-state index in [2.05, 4.69) is 43.6 Å². The number of hydrogen-bond donors (Lipinski definition) is 0. The third-order valence-corrected chi connectivity index (χ3v) is 6.62. The molecular weight excluding hydrogens is 490 g/mol. The summed E-state index contributed by atoms with van der Waals surface area (Å²) in [5.41, 5.74) is -0.0678. The van der Waals surface area contributed by atoms with Gasteiger partial charge in [-0.1, -0.05) is 28.1 Å².